The van der Waals surface area contributed by atoms with Gasteiger partial charge in [0.1, 0.15) is 0 Å². The summed E-state index contributed by atoms with van der Waals surface area (Å²) >= 11 is 3.38. The monoisotopic (exact) mass is 331 g/mol. The summed E-state index contributed by atoms with van der Waals surface area (Å²) in [5.74, 6) is -0.0105. The fraction of sp³-hybridized carbons (Fsp3) is 0.235. The molecule has 0 aliphatic rings. The van der Waals surface area contributed by atoms with Crippen LogP contribution >= 0.6 is 15.9 Å². The van der Waals surface area contributed by atoms with Crippen molar-refractivity contribution in [1.29, 1.82) is 0 Å². The van der Waals surface area contributed by atoms with E-state index >= 15 is 0 Å². The minimum absolute atomic E-state index is 0.0105. The van der Waals surface area contributed by atoms with Crippen molar-refractivity contribution < 1.29 is 4.79 Å². The lowest BCUT2D eigenvalue weighted by molar-refractivity contribution is -0.120. The highest BCUT2D eigenvalue weighted by molar-refractivity contribution is 9.10. The Morgan fingerprint density at radius 1 is 1.00 bits per heavy atom. The van der Waals surface area contributed by atoms with Gasteiger partial charge in [0.25, 0.3) is 0 Å². The molecule has 0 aliphatic carbocycles. The average molecular weight is 332 g/mol. The molecule has 20 heavy (non-hydrogen) atoms. The number of halogens is 1. The van der Waals surface area contributed by atoms with Gasteiger partial charge in [0.15, 0.2) is 0 Å². The number of amides is 1. The zero-order chi connectivity index (χ0) is 14.8. The molecule has 2 aromatic carbocycles. The van der Waals surface area contributed by atoms with Crippen molar-refractivity contribution in [2.75, 3.05) is 5.32 Å². The Balaban J connectivity index is 2.18. The van der Waals surface area contributed by atoms with E-state index < -0.39 is 5.41 Å². The SMILES string of the molecule is Cc1ccc(C(C)(C)C(=O)Nc2ccc(Br)cc2)cc1. The molecule has 0 aliphatic heterocycles. The van der Waals surface area contributed by atoms with Gasteiger partial charge < -0.3 is 5.32 Å². The Morgan fingerprint density at radius 2 is 1.55 bits per heavy atom. The molecule has 0 saturated carbocycles. The molecule has 0 radical (unpaired) electrons. The molecule has 0 bridgehead atoms. The molecule has 104 valence electrons. The maximum absolute atomic E-state index is 12.5. The van der Waals surface area contributed by atoms with Crippen molar-refractivity contribution in [1.82, 2.24) is 0 Å². The van der Waals surface area contributed by atoms with Gasteiger partial charge in [0, 0.05) is 10.2 Å². The van der Waals surface area contributed by atoms with E-state index in [1.165, 1.54) is 5.56 Å². The second kappa shape index (κ2) is 5.80. The van der Waals surface area contributed by atoms with E-state index in [-0.39, 0.29) is 5.91 Å². The predicted molar refractivity (Wildman–Crippen MR) is 87.0 cm³/mol. The number of nitrogens with one attached hydrogen (secondary N) is 1. The van der Waals surface area contributed by atoms with E-state index in [0.717, 1.165) is 15.7 Å². The third-order valence-electron chi connectivity index (χ3n) is 3.44. The summed E-state index contributed by atoms with van der Waals surface area (Å²) < 4.78 is 0.994. The quantitative estimate of drug-likeness (QED) is 0.869. The van der Waals surface area contributed by atoms with Crippen LogP contribution in [0.2, 0.25) is 0 Å². The topological polar surface area (TPSA) is 29.1 Å². The third kappa shape index (κ3) is 3.28. The van der Waals surface area contributed by atoms with Crippen LogP contribution in [0.25, 0.3) is 0 Å². The van der Waals surface area contributed by atoms with Gasteiger partial charge in [-0.1, -0.05) is 45.8 Å². The summed E-state index contributed by atoms with van der Waals surface area (Å²) in [6.07, 6.45) is 0. The van der Waals surface area contributed by atoms with Gasteiger partial charge in [-0.3, -0.25) is 4.79 Å². The summed E-state index contributed by atoms with van der Waals surface area (Å²) in [5.41, 5.74) is 2.44. The average Bonchev–Trinajstić information content (AvgIpc) is 2.42. The second-order valence-electron chi connectivity index (χ2n) is 5.45. The van der Waals surface area contributed by atoms with E-state index in [4.69, 9.17) is 0 Å². The van der Waals surface area contributed by atoms with E-state index in [1.807, 2.05) is 69.3 Å². The van der Waals surface area contributed by atoms with Crippen LogP contribution in [0, 0.1) is 6.92 Å². The van der Waals surface area contributed by atoms with Crippen LogP contribution in [0.5, 0.6) is 0 Å². The Morgan fingerprint density at radius 3 is 2.10 bits per heavy atom. The Hall–Kier alpha value is -1.61. The van der Waals surface area contributed by atoms with Crippen molar-refractivity contribution in [2.45, 2.75) is 26.2 Å². The number of carbonyl (C=O) groups excluding carboxylic acids is 1. The van der Waals surface area contributed by atoms with Crippen LogP contribution in [-0.4, -0.2) is 5.91 Å². The molecule has 0 atom stereocenters. The zero-order valence-electron chi connectivity index (χ0n) is 11.9. The first-order chi connectivity index (χ1) is 9.39. The van der Waals surface area contributed by atoms with Crippen molar-refractivity contribution in [2.24, 2.45) is 0 Å². The molecule has 0 unspecified atom stereocenters. The van der Waals surface area contributed by atoms with Gasteiger partial charge in [-0.2, -0.15) is 0 Å². The molecule has 0 saturated heterocycles. The van der Waals surface area contributed by atoms with Gasteiger partial charge >= 0.3 is 0 Å². The first-order valence-corrected chi connectivity index (χ1v) is 7.33. The van der Waals surface area contributed by atoms with Gasteiger partial charge in [-0.05, 0) is 50.6 Å². The van der Waals surface area contributed by atoms with Crippen LogP contribution in [0.3, 0.4) is 0 Å². The summed E-state index contributed by atoms with van der Waals surface area (Å²) in [6.45, 7) is 5.91. The molecule has 0 spiro atoms. The number of hydrogen-bond donors (Lipinski definition) is 1. The molecule has 0 aromatic heterocycles. The van der Waals surface area contributed by atoms with E-state index in [0.29, 0.717) is 0 Å². The lowest BCUT2D eigenvalue weighted by Crippen LogP contribution is -2.34. The molecule has 0 heterocycles. The number of aryl methyl sites for hydroxylation is 1. The maximum Gasteiger partial charge on any atom is 0.234 e. The second-order valence-corrected chi connectivity index (χ2v) is 6.37. The van der Waals surface area contributed by atoms with Gasteiger partial charge in [0.2, 0.25) is 5.91 Å². The minimum atomic E-state index is -0.569. The first kappa shape index (κ1) is 14.8. The lowest BCUT2D eigenvalue weighted by Gasteiger charge is -2.24. The largest absolute Gasteiger partial charge is 0.325 e. The van der Waals surface area contributed by atoms with Crippen LogP contribution < -0.4 is 5.32 Å². The molecule has 2 aromatic rings. The number of rotatable bonds is 3. The fourth-order valence-corrected chi connectivity index (χ4v) is 2.19. The smallest absolute Gasteiger partial charge is 0.234 e. The van der Waals surface area contributed by atoms with Gasteiger partial charge in [0.05, 0.1) is 5.41 Å². The standard InChI is InChI=1S/C17H18BrNO/c1-12-4-6-13(7-5-12)17(2,3)16(20)19-15-10-8-14(18)9-11-15/h4-11H,1-3H3,(H,19,20). The summed E-state index contributed by atoms with van der Waals surface area (Å²) in [6, 6.07) is 15.7. The highest BCUT2D eigenvalue weighted by Crippen LogP contribution is 2.25. The molecular weight excluding hydrogens is 314 g/mol. The number of carbonyl (C=O) groups is 1. The minimum Gasteiger partial charge on any atom is -0.325 e. The number of anilines is 1. The summed E-state index contributed by atoms with van der Waals surface area (Å²) in [7, 11) is 0. The molecule has 1 amide bonds. The Labute approximate surface area is 128 Å². The molecule has 2 nitrogen and oxygen atoms in total. The van der Waals surface area contributed by atoms with Crippen molar-refractivity contribution >= 4 is 27.5 Å². The van der Waals surface area contributed by atoms with Crippen molar-refractivity contribution in [3.8, 4) is 0 Å². The van der Waals surface area contributed by atoms with Crippen LogP contribution in [0.1, 0.15) is 25.0 Å². The molecular formula is C17H18BrNO. The van der Waals surface area contributed by atoms with E-state index in [9.17, 15) is 4.79 Å². The lowest BCUT2D eigenvalue weighted by atomic mass is 9.83. The predicted octanol–water partition coefficient (Wildman–Crippen LogP) is 4.67. The molecule has 3 heteroatoms. The highest BCUT2D eigenvalue weighted by Gasteiger charge is 2.29. The number of hydrogen-bond acceptors (Lipinski definition) is 1. The van der Waals surface area contributed by atoms with Crippen molar-refractivity contribution in [3.63, 3.8) is 0 Å². The summed E-state index contributed by atoms with van der Waals surface area (Å²) in [5, 5.41) is 2.96. The van der Waals surface area contributed by atoms with E-state index in [1.54, 1.807) is 0 Å². The normalized spacial score (nSPS) is 11.2. The Kier molecular flexibility index (Phi) is 4.29. The van der Waals surface area contributed by atoms with Crippen molar-refractivity contribution in [3.05, 3.63) is 64.1 Å². The van der Waals surface area contributed by atoms with Crippen LogP contribution in [0.4, 0.5) is 5.69 Å². The van der Waals surface area contributed by atoms with Gasteiger partial charge in [-0.15, -0.1) is 0 Å². The third-order valence-corrected chi connectivity index (χ3v) is 3.97. The van der Waals surface area contributed by atoms with E-state index in [2.05, 4.69) is 21.2 Å². The molecule has 1 N–H and O–H groups in total. The molecule has 2 rings (SSSR count). The van der Waals surface area contributed by atoms with Crippen LogP contribution in [-0.2, 0) is 10.2 Å². The van der Waals surface area contributed by atoms with Gasteiger partial charge in [-0.25, -0.2) is 0 Å². The summed E-state index contributed by atoms with van der Waals surface area (Å²) in [4.78, 5) is 12.5. The Bertz CT molecular complexity index is 600. The first-order valence-electron chi connectivity index (χ1n) is 6.54. The fourth-order valence-electron chi connectivity index (χ4n) is 1.92. The maximum atomic E-state index is 12.5. The molecule has 0 fully saturated rings. The number of benzene rings is 2. The zero-order valence-corrected chi connectivity index (χ0v) is 13.5. The van der Waals surface area contributed by atoms with Crippen LogP contribution in [0.15, 0.2) is 53.0 Å². The highest BCUT2D eigenvalue weighted by atomic mass is 79.9.